The number of carbonyl (C=O) groups is 1. The van der Waals surface area contributed by atoms with Gasteiger partial charge in [-0.3, -0.25) is 0 Å². The Balaban J connectivity index is 3.01. The molecule has 8 nitrogen and oxygen atoms in total. The van der Waals surface area contributed by atoms with E-state index in [-0.39, 0.29) is 6.61 Å². The number of rotatable bonds is 24. The highest BCUT2D eigenvalue weighted by atomic mass is 16.6. The van der Waals surface area contributed by atoms with E-state index in [1.165, 1.54) is 39.2 Å². The molecular formula is C21H42O8. The van der Waals surface area contributed by atoms with Gasteiger partial charge in [0.25, 0.3) is 0 Å². The zero-order valence-corrected chi connectivity index (χ0v) is 18.5. The van der Waals surface area contributed by atoms with Gasteiger partial charge in [-0.15, -0.1) is 0 Å². The van der Waals surface area contributed by atoms with Crippen LogP contribution in [0.3, 0.4) is 0 Å². The fourth-order valence-corrected chi connectivity index (χ4v) is 2.30. The smallest absolute Gasteiger partial charge is 0.331 e. The Bertz CT molecular complexity index is 328. The van der Waals surface area contributed by atoms with Crippen molar-refractivity contribution in [3.05, 3.63) is 0 Å². The van der Waals surface area contributed by atoms with Crippen molar-refractivity contribution in [2.75, 3.05) is 86.4 Å². The number of hydrogen-bond acceptors (Lipinski definition) is 8. The lowest BCUT2D eigenvalue weighted by molar-refractivity contribution is -0.146. The first-order valence-electron chi connectivity index (χ1n) is 10.8. The largest absolute Gasteiger partial charge is 0.467 e. The topological polar surface area (TPSA) is 81.7 Å². The number of hydrogen-bond donors (Lipinski definition) is 0. The van der Waals surface area contributed by atoms with Gasteiger partial charge in [0.05, 0.1) is 73.2 Å². The van der Waals surface area contributed by atoms with E-state index in [1.54, 1.807) is 0 Å². The lowest BCUT2D eigenvalue weighted by Crippen LogP contribution is -2.15. The molecule has 0 saturated heterocycles. The minimum Gasteiger partial charge on any atom is -0.467 e. The molecule has 0 N–H and O–H groups in total. The molecule has 0 aromatic heterocycles. The van der Waals surface area contributed by atoms with Crippen molar-refractivity contribution in [1.82, 2.24) is 0 Å². The Morgan fingerprint density at radius 2 is 0.897 bits per heavy atom. The summed E-state index contributed by atoms with van der Waals surface area (Å²) >= 11 is 0. The number of unbranched alkanes of at least 4 members (excludes halogenated alkanes) is 5. The van der Waals surface area contributed by atoms with E-state index < -0.39 is 5.97 Å². The number of esters is 1. The normalized spacial score (nSPS) is 11.1. The average Bonchev–Trinajstić information content (AvgIpc) is 2.74. The molecule has 0 atom stereocenters. The highest BCUT2D eigenvalue weighted by Crippen LogP contribution is 2.04. The summed E-state index contributed by atoms with van der Waals surface area (Å²) in [5.41, 5.74) is 0. The molecule has 0 saturated carbocycles. The van der Waals surface area contributed by atoms with Gasteiger partial charge in [-0.1, -0.05) is 39.0 Å². The highest BCUT2D eigenvalue weighted by Gasteiger charge is 1.99. The van der Waals surface area contributed by atoms with Crippen LogP contribution in [0.5, 0.6) is 0 Å². The fraction of sp³-hybridized carbons (Fsp3) is 0.952. The van der Waals surface area contributed by atoms with Gasteiger partial charge in [0.15, 0.2) is 0 Å². The van der Waals surface area contributed by atoms with Crippen LogP contribution in [-0.4, -0.2) is 92.4 Å². The van der Waals surface area contributed by atoms with E-state index in [1.807, 2.05) is 0 Å². The zero-order chi connectivity index (χ0) is 21.3. The summed E-state index contributed by atoms with van der Waals surface area (Å²) in [6.45, 7) is 8.15. The minimum absolute atomic E-state index is 0.0520. The van der Waals surface area contributed by atoms with Crippen LogP contribution < -0.4 is 0 Å². The molecule has 0 spiro atoms. The molecule has 29 heavy (non-hydrogen) atoms. The summed E-state index contributed by atoms with van der Waals surface area (Å²) in [6, 6.07) is 0. The molecule has 0 aliphatic carbocycles. The maximum absolute atomic E-state index is 10.8. The highest BCUT2D eigenvalue weighted by molar-refractivity contribution is 5.70. The van der Waals surface area contributed by atoms with Crippen molar-refractivity contribution in [2.24, 2.45) is 0 Å². The van der Waals surface area contributed by atoms with Gasteiger partial charge in [-0.05, 0) is 6.42 Å². The first-order valence-corrected chi connectivity index (χ1v) is 10.8. The second kappa shape index (κ2) is 25.3. The summed E-state index contributed by atoms with van der Waals surface area (Å²) in [4.78, 5) is 10.8. The third kappa shape index (κ3) is 25.2. The van der Waals surface area contributed by atoms with Crippen molar-refractivity contribution >= 4 is 5.97 Å². The summed E-state index contributed by atoms with van der Waals surface area (Å²) in [6.07, 6.45) is 7.68. The van der Waals surface area contributed by atoms with E-state index >= 15 is 0 Å². The molecule has 8 heteroatoms. The molecule has 0 heterocycles. The van der Waals surface area contributed by atoms with Gasteiger partial charge in [-0.2, -0.15) is 0 Å². The molecule has 0 aliphatic heterocycles. The van der Waals surface area contributed by atoms with Crippen LogP contribution in [0.15, 0.2) is 0 Å². The van der Waals surface area contributed by atoms with Gasteiger partial charge >= 0.3 is 5.97 Å². The zero-order valence-electron chi connectivity index (χ0n) is 18.5. The number of ether oxygens (including phenoxy) is 7. The van der Waals surface area contributed by atoms with Crippen molar-refractivity contribution in [2.45, 2.75) is 45.4 Å². The quantitative estimate of drug-likeness (QED) is 0.173. The van der Waals surface area contributed by atoms with Gasteiger partial charge < -0.3 is 33.2 Å². The fourth-order valence-electron chi connectivity index (χ4n) is 2.30. The van der Waals surface area contributed by atoms with Crippen LogP contribution in [0.25, 0.3) is 0 Å². The Morgan fingerprint density at radius 1 is 0.517 bits per heavy atom. The van der Waals surface area contributed by atoms with E-state index in [2.05, 4.69) is 11.7 Å². The van der Waals surface area contributed by atoms with Crippen LogP contribution in [0.4, 0.5) is 0 Å². The van der Waals surface area contributed by atoms with E-state index in [0.717, 1.165) is 13.0 Å². The monoisotopic (exact) mass is 422 g/mol. The van der Waals surface area contributed by atoms with Crippen LogP contribution in [0.2, 0.25) is 0 Å². The molecule has 0 radical (unpaired) electrons. The molecule has 0 unspecified atom stereocenters. The maximum Gasteiger partial charge on any atom is 0.331 e. The Morgan fingerprint density at radius 3 is 1.34 bits per heavy atom. The third-order valence-electron chi connectivity index (χ3n) is 3.95. The summed E-state index contributed by atoms with van der Waals surface area (Å²) in [5.74, 6) is -0.393. The summed E-state index contributed by atoms with van der Waals surface area (Å²) in [7, 11) is 1.32. The minimum atomic E-state index is -0.393. The predicted molar refractivity (Wildman–Crippen MR) is 110 cm³/mol. The molecule has 0 fully saturated rings. The third-order valence-corrected chi connectivity index (χ3v) is 3.95. The molecule has 0 aromatic carbocycles. The van der Waals surface area contributed by atoms with Crippen LogP contribution in [0.1, 0.15) is 45.4 Å². The summed E-state index contributed by atoms with van der Waals surface area (Å²) in [5, 5.41) is 0. The molecule has 0 amide bonds. The molecular weight excluding hydrogens is 380 g/mol. The number of carbonyl (C=O) groups excluding carboxylic acids is 1. The van der Waals surface area contributed by atoms with Crippen molar-refractivity contribution < 1.29 is 38.0 Å². The first-order chi connectivity index (χ1) is 14.3. The Kier molecular flexibility index (Phi) is 24.6. The van der Waals surface area contributed by atoms with Crippen LogP contribution in [0, 0.1) is 0 Å². The van der Waals surface area contributed by atoms with Crippen LogP contribution in [-0.2, 0) is 38.0 Å². The van der Waals surface area contributed by atoms with Gasteiger partial charge in [0, 0.05) is 6.61 Å². The van der Waals surface area contributed by atoms with Gasteiger partial charge in [-0.25, -0.2) is 4.79 Å². The Labute approximate surface area is 176 Å². The number of methoxy groups -OCH3 is 1. The van der Waals surface area contributed by atoms with E-state index in [4.69, 9.17) is 28.4 Å². The molecule has 0 aromatic rings. The molecule has 0 aliphatic rings. The first kappa shape index (κ1) is 28.2. The SMILES string of the molecule is CCCCCCCCOCCOCCOCCOCCOCCOCC(=O)OC. The van der Waals surface area contributed by atoms with Crippen molar-refractivity contribution in [3.8, 4) is 0 Å². The lowest BCUT2D eigenvalue weighted by atomic mass is 10.1. The molecule has 0 bridgehead atoms. The lowest BCUT2D eigenvalue weighted by Gasteiger charge is -2.08. The van der Waals surface area contributed by atoms with Crippen molar-refractivity contribution in [3.63, 3.8) is 0 Å². The van der Waals surface area contributed by atoms with Gasteiger partial charge in [0.1, 0.15) is 6.61 Å². The van der Waals surface area contributed by atoms with Gasteiger partial charge in [0.2, 0.25) is 0 Å². The van der Waals surface area contributed by atoms with E-state index in [0.29, 0.717) is 66.1 Å². The van der Waals surface area contributed by atoms with Crippen molar-refractivity contribution in [1.29, 1.82) is 0 Å². The van der Waals surface area contributed by atoms with Crippen LogP contribution >= 0.6 is 0 Å². The summed E-state index contributed by atoms with van der Waals surface area (Å²) < 4.78 is 36.6. The maximum atomic E-state index is 10.8. The standard InChI is InChI=1S/C21H42O8/c1-3-4-5-6-7-8-9-24-10-11-25-12-13-26-14-15-27-16-17-28-18-19-29-20-21(22)23-2/h3-20H2,1-2H3. The predicted octanol–water partition coefficient (Wildman–Crippen LogP) is 2.62. The molecule has 0 rings (SSSR count). The average molecular weight is 423 g/mol. The molecule has 174 valence electrons. The second-order valence-corrected chi connectivity index (χ2v) is 6.46. The van der Waals surface area contributed by atoms with E-state index in [9.17, 15) is 4.79 Å². The second-order valence-electron chi connectivity index (χ2n) is 6.46. The Hall–Kier alpha value is -0.770.